The molecule has 0 heterocycles. The minimum atomic E-state index is -1.13. The molecule has 0 aliphatic carbocycles. The Labute approximate surface area is 71.8 Å². The lowest BCUT2D eigenvalue weighted by atomic mass is 10.0. The van der Waals surface area contributed by atoms with Crippen molar-refractivity contribution in [1.82, 2.24) is 0 Å². The van der Waals surface area contributed by atoms with Gasteiger partial charge < -0.3 is 9.90 Å². The fraction of sp³-hybridized carbons (Fsp3) is 0.200. The van der Waals surface area contributed by atoms with E-state index >= 15 is 0 Å². The minimum Gasteiger partial charge on any atom is -0.546 e. The summed E-state index contributed by atoms with van der Waals surface area (Å²) in [6.45, 7) is 3.88. The molecule has 0 aliphatic rings. The lowest BCUT2D eigenvalue weighted by molar-refractivity contribution is -0.255. The maximum atomic E-state index is 10.5. The number of carboxylic acid groups (broad SMARTS) is 1. The lowest BCUT2D eigenvalue weighted by Gasteiger charge is -2.17. The fourth-order valence-electron chi connectivity index (χ4n) is 0.957. The van der Waals surface area contributed by atoms with Gasteiger partial charge in [-0.15, -0.1) is 6.07 Å². The van der Waals surface area contributed by atoms with E-state index < -0.39 is 5.97 Å². The summed E-state index contributed by atoms with van der Waals surface area (Å²) >= 11 is 0. The zero-order chi connectivity index (χ0) is 9.14. The number of aromatic carboxylic acids is 1. The SMILES string of the molecule is C[C-](C)c1cccc(C(=O)[O-])c1. The molecule has 12 heavy (non-hydrogen) atoms. The topological polar surface area (TPSA) is 40.1 Å². The third-order valence-corrected chi connectivity index (χ3v) is 1.68. The lowest BCUT2D eigenvalue weighted by Crippen LogP contribution is -2.22. The highest BCUT2D eigenvalue weighted by Gasteiger charge is 1.90. The first-order valence-corrected chi connectivity index (χ1v) is 3.73. The first-order valence-electron chi connectivity index (χ1n) is 3.73. The first kappa shape index (κ1) is 8.65. The highest BCUT2D eigenvalue weighted by molar-refractivity contribution is 5.86. The second kappa shape index (κ2) is 3.30. The quantitative estimate of drug-likeness (QED) is 0.609. The summed E-state index contributed by atoms with van der Waals surface area (Å²) in [5, 5.41) is 10.5. The van der Waals surface area contributed by atoms with Crippen molar-refractivity contribution in [2.45, 2.75) is 13.8 Å². The van der Waals surface area contributed by atoms with E-state index in [-0.39, 0.29) is 5.56 Å². The van der Waals surface area contributed by atoms with Gasteiger partial charge in [-0.2, -0.15) is 23.6 Å². The van der Waals surface area contributed by atoms with E-state index in [0.29, 0.717) is 0 Å². The molecule has 0 spiro atoms. The molecule has 0 radical (unpaired) electrons. The molecule has 0 fully saturated rings. The smallest absolute Gasteiger partial charge is 0.0593 e. The van der Waals surface area contributed by atoms with Crippen molar-refractivity contribution in [3.8, 4) is 0 Å². The van der Waals surface area contributed by atoms with E-state index in [4.69, 9.17) is 0 Å². The largest absolute Gasteiger partial charge is 0.546 e. The van der Waals surface area contributed by atoms with Crippen molar-refractivity contribution in [3.63, 3.8) is 0 Å². The van der Waals surface area contributed by atoms with E-state index in [1.165, 1.54) is 6.07 Å². The van der Waals surface area contributed by atoms with Gasteiger partial charge in [0.05, 0.1) is 5.97 Å². The van der Waals surface area contributed by atoms with E-state index in [1.54, 1.807) is 12.1 Å². The Morgan fingerprint density at radius 3 is 2.58 bits per heavy atom. The normalized spacial score (nSPS) is 9.50. The highest BCUT2D eigenvalue weighted by atomic mass is 16.4. The van der Waals surface area contributed by atoms with E-state index in [2.05, 4.69) is 0 Å². The summed E-state index contributed by atoms with van der Waals surface area (Å²) in [6, 6.07) is 6.74. The number of carbonyl (C=O) groups is 1. The van der Waals surface area contributed by atoms with Crippen LogP contribution in [0.1, 0.15) is 29.8 Å². The predicted molar refractivity (Wildman–Crippen MR) is 44.5 cm³/mol. The number of hydrogen-bond acceptors (Lipinski definition) is 2. The summed E-state index contributed by atoms with van der Waals surface area (Å²) in [7, 11) is 0. The van der Waals surface area contributed by atoms with Crippen molar-refractivity contribution in [2.75, 3.05) is 0 Å². The van der Waals surface area contributed by atoms with Gasteiger partial charge in [-0.25, -0.2) is 0 Å². The maximum Gasteiger partial charge on any atom is 0.0593 e. The van der Waals surface area contributed by atoms with Crippen molar-refractivity contribution in [1.29, 1.82) is 0 Å². The molecule has 0 atom stereocenters. The molecular weight excluding hydrogens is 152 g/mol. The van der Waals surface area contributed by atoms with E-state index in [0.717, 1.165) is 11.5 Å². The molecule has 0 saturated carbocycles. The predicted octanol–water partition coefficient (Wildman–Crippen LogP) is 1.01. The number of carbonyl (C=O) groups excluding carboxylic acids is 1. The van der Waals surface area contributed by atoms with Crippen LogP contribution in [0.4, 0.5) is 0 Å². The number of rotatable bonds is 2. The summed E-state index contributed by atoms with van der Waals surface area (Å²) in [6.07, 6.45) is 0. The van der Waals surface area contributed by atoms with Crippen LogP contribution < -0.4 is 5.11 Å². The van der Waals surface area contributed by atoms with Crippen LogP contribution in [0.2, 0.25) is 0 Å². The molecular formula is C10H10O2-2. The molecule has 0 aromatic heterocycles. The van der Waals surface area contributed by atoms with Crippen molar-refractivity contribution >= 4 is 5.97 Å². The average molecular weight is 162 g/mol. The van der Waals surface area contributed by atoms with Gasteiger partial charge in [0.25, 0.3) is 0 Å². The molecule has 0 N–H and O–H groups in total. The van der Waals surface area contributed by atoms with Crippen LogP contribution in [-0.4, -0.2) is 5.97 Å². The van der Waals surface area contributed by atoms with Crippen molar-refractivity contribution in [3.05, 3.63) is 41.3 Å². The molecule has 1 aromatic rings. The minimum absolute atomic E-state index is 0.230. The molecule has 64 valence electrons. The molecule has 0 bridgehead atoms. The van der Waals surface area contributed by atoms with Crippen LogP contribution >= 0.6 is 0 Å². The third-order valence-electron chi connectivity index (χ3n) is 1.68. The fourth-order valence-corrected chi connectivity index (χ4v) is 0.957. The molecule has 2 nitrogen and oxygen atoms in total. The van der Waals surface area contributed by atoms with Crippen LogP contribution in [0, 0.1) is 5.92 Å². The summed E-state index contributed by atoms with van der Waals surface area (Å²) in [5.74, 6) is -0.0313. The Kier molecular flexibility index (Phi) is 2.38. The molecule has 1 rings (SSSR count). The first-order chi connectivity index (χ1) is 5.61. The second-order valence-corrected chi connectivity index (χ2v) is 2.87. The third kappa shape index (κ3) is 1.78. The second-order valence-electron chi connectivity index (χ2n) is 2.87. The summed E-state index contributed by atoms with van der Waals surface area (Å²) in [4.78, 5) is 10.5. The average Bonchev–Trinajstić information content (AvgIpc) is 2.04. The Hall–Kier alpha value is -1.44. The van der Waals surface area contributed by atoms with Crippen LogP contribution in [0.25, 0.3) is 0 Å². The van der Waals surface area contributed by atoms with Crippen LogP contribution in [0.5, 0.6) is 0 Å². The summed E-state index contributed by atoms with van der Waals surface area (Å²) in [5.41, 5.74) is 1.17. The van der Waals surface area contributed by atoms with Gasteiger partial charge in [0.1, 0.15) is 0 Å². The van der Waals surface area contributed by atoms with E-state index in [9.17, 15) is 9.90 Å². The molecule has 2 heteroatoms. The van der Waals surface area contributed by atoms with Gasteiger partial charge in [0.15, 0.2) is 0 Å². The maximum absolute atomic E-state index is 10.5. The number of benzene rings is 1. The number of hydrogen-bond donors (Lipinski definition) is 0. The van der Waals surface area contributed by atoms with Gasteiger partial charge in [-0.1, -0.05) is 25.5 Å². The Morgan fingerprint density at radius 1 is 1.42 bits per heavy atom. The van der Waals surface area contributed by atoms with Crippen molar-refractivity contribution in [2.24, 2.45) is 0 Å². The Balaban J connectivity index is 3.04. The summed E-state index contributed by atoms with van der Waals surface area (Å²) < 4.78 is 0. The van der Waals surface area contributed by atoms with Gasteiger partial charge in [-0.05, 0) is 0 Å². The monoisotopic (exact) mass is 162 g/mol. The molecule has 1 aromatic carbocycles. The number of carboxylic acids is 1. The van der Waals surface area contributed by atoms with Gasteiger partial charge in [-0.3, -0.25) is 0 Å². The zero-order valence-corrected chi connectivity index (χ0v) is 7.13. The molecule has 0 aliphatic heterocycles. The van der Waals surface area contributed by atoms with Crippen molar-refractivity contribution < 1.29 is 9.90 Å². The van der Waals surface area contributed by atoms with Gasteiger partial charge in [0, 0.05) is 0 Å². The van der Waals surface area contributed by atoms with Crippen LogP contribution in [0.15, 0.2) is 24.3 Å². The zero-order valence-electron chi connectivity index (χ0n) is 7.13. The Bertz CT molecular complexity index is 290. The standard InChI is InChI=1S/C10H11O2/c1-7(2)8-4-3-5-9(6-8)10(11)12/h3-6H,1-2H3,(H,11,12)/q-1/p-1. The van der Waals surface area contributed by atoms with Crippen LogP contribution in [-0.2, 0) is 0 Å². The van der Waals surface area contributed by atoms with Crippen LogP contribution in [0.3, 0.4) is 0 Å². The molecule has 0 amide bonds. The highest BCUT2D eigenvalue weighted by Crippen LogP contribution is 2.13. The van der Waals surface area contributed by atoms with Gasteiger partial charge in [0.2, 0.25) is 0 Å². The Morgan fingerprint density at radius 2 is 2.08 bits per heavy atom. The molecule has 0 unspecified atom stereocenters. The van der Waals surface area contributed by atoms with E-state index in [1.807, 2.05) is 19.9 Å². The van der Waals surface area contributed by atoms with Gasteiger partial charge >= 0.3 is 0 Å². The molecule has 0 saturated heterocycles.